The van der Waals surface area contributed by atoms with E-state index in [-0.39, 0.29) is 5.63 Å². The van der Waals surface area contributed by atoms with E-state index in [2.05, 4.69) is 5.10 Å². The zero-order valence-corrected chi connectivity index (χ0v) is 12.6. The highest BCUT2D eigenvalue weighted by Crippen LogP contribution is 2.30. The molecule has 2 aromatic carbocycles. The maximum absolute atomic E-state index is 12.5. The second kappa shape index (κ2) is 4.80. The summed E-state index contributed by atoms with van der Waals surface area (Å²) in [6.45, 7) is 0. The first-order valence-electron chi connectivity index (χ1n) is 7.71. The SMILES string of the molecule is O=c1oc2ccccc2c2cc(-c3ccccc3)n3nccc3c12. The molecule has 24 heavy (non-hydrogen) atoms. The Morgan fingerprint density at radius 1 is 0.875 bits per heavy atom. The molecule has 0 saturated heterocycles. The van der Waals surface area contributed by atoms with Crippen molar-refractivity contribution in [3.63, 3.8) is 0 Å². The van der Waals surface area contributed by atoms with Gasteiger partial charge in [0.05, 0.1) is 22.8 Å². The minimum atomic E-state index is -0.339. The molecule has 0 unspecified atom stereocenters. The number of nitrogens with zero attached hydrogens (tertiary/aromatic N) is 2. The Morgan fingerprint density at radius 2 is 1.67 bits per heavy atom. The summed E-state index contributed by atoms with van der Waals surface area (Å²) in [6, 6.07) is 21.5. The van der Waals surface area contributed by atoms with Gasteiger partial charge in [-0.15, -0.1) is 0 Å². The molecule has 0 fully saturated rings. The lowest BCUT2D eigenvalue weighted by atomic mass is 10.0. The van der Waals surface area contributed by atoms with E-state index in [0.29, 0.717) is 11.0 Å². The summed E-state index contributed by atoms with van der Waals surface area (Å²) in [4.78, 5) is 12.5. The fraction of sp³-hybridized carbons (Fsp3) is 0. The van der Waals surface area contributed by atoms with Crippen molar-refractivity contribution in [1.82, 2.24) is 9.61 Å². The highest BCUT2D eigenvalue weighted by molar-refractivity contribution is 6.10. The lowest BCUT2D eigenvalue weighted by Gasteiger charge is -2.09. The van der Waals surface area contributed by atoms with Crippen molar-refractivity contribution >= 4 is 27.3 Å². The highest BCUT2D eigenvalue weighted by Gasteiger charge is 2.15. The second-order valence-corrected chi connectivity index (χ2v) is 5.70. The van der Waals surface area contributed by atoms with Gasteiger partial charge in [-0.05, 0) is 18.2 Å². The summed E-state index contributed by atoms with van der Waals surface area (Å²) in [6.07, 6.45) is 1.70. The maximum atomic E-state index is 12.5. The molecule has 0 spiro atoms. The summed E-state index contributed by atoms with van der Waals surface area (Å²) >= 11 is 0. The molecule has 114 valence electrons. The topological polar surface area (TPSA) is 47.5 Å². The van der Waals surface area contributed by atoms with Crippen molar-refractivity contribution in [1.29, 1.82) is 0 Å². The van der Waals surface area contributed by atoms with E-state index in [0.717, 1.165) is 27.5 Å². The number of hydrogen-bond donors (Lipinski definition) is 0. The normalized spacial score (nSPS) is 11.5. The lowest BCUT2D eigenvalue weighted by molar-refractivity contribution is 0.570. The first-order valence-corrected chi connectivity index (χ1v) is 7.71. The van der Waals surface area contributed by atoms with Gasteiger partial charge in [-0.2, -0.15) is 5.10 Å². The molecule has 5 aromatic rings. The van der Waals surface area contributed by atoms with Crippen LogP contribution in [0.3, 0.4) is 0 Å². The van der Waals surface area contributed by atoms with Crippen LogP contribution in [0, 0.1) is 0 Å². The number of pyridine rings is 1. The van der Waals surface area contributed by atoms with E-state index in [1.54, 1.807) is 10.7 Å². The van der Waals surface area contributed by atoms with Crippen LogP contribution in [0.25, 0.3) is 38.5 Å². The average molecular weight is 312 g/mol. The standard InChI is InChI=1S/C20H12N2O2/c23-20-19-15(14-8-4-5-9-18(14)24-20)12-17(13-6-2-1-3-7-13)22-16(19)10-11-21-22/h1-12H. The average Bonchev–Trinajstić information content (AvgIpc) is 3.11. The number of hydrogen-bond acceptors (Lipinski definition) is 3. The molecular weight excluding hydrogens is 300 g/mol. The van der Waals surface area contributed by atoms with Crippen molar-refractivity contribution < 1.29 is 4.42 Å². The quantitative estimate of drug-likeness (QED) is 0.343. The van der Waals surface area contributed by atoms with Gasteiger partial charge in [0.25, 0.3) is 0 Å². The highest BCUT2D eigenvalue weighted by atomic mass is 16.4. The van der Waals surface area contributed by atoms with E-state index < -0.39 is 0 Å². The van der Waals surface area contributed by atoms with Crippen LogP contribution >= 0.6 is 0 Å². The number of para-hydroxylation sites is 1. The van der Waals surface area contributed by atoms with Gasteiger partial charge in [-0.25, -0.2) is 9.31 Å². The van der Waals surface area contributed by atoms with Crippen LogP contribution in [0.15, 0.2) is 82.1 Å². The monoisotopic (exact) mass is 312 g/mol. The van der Waals surface area contributed by atoms with Gasteiger partial charge >= 0.3 is 5.63 Å². The Bertz CT molecular complexity index is 1270. The first-order chi connectivity index (χ1) is 11.8. The van der Waals surface area contributed by atoms with Gasteiger partial charge in [-0.1, -0.05) is 48.5 Å². The van der Waals surface area contributed by atoms with Gasteiger partial charge in [0.1, 0.15) is 5.58 Å². The molecule has 3 aromatic heterocycles. The Kier molecular flexibility index (Phi) is 2.61. The molecular formula is C20H12N2O2. The Hall–Kier alpha value is -3.40. The predicted molar refractivity (Wildman–Crippen MR) is 94.2 cm³/mol. The first kappa shape index (κ1) is 13.1. The van der Waals surface area contributed by atoms with Gasteiger partial charge in [0, 0.05) is 16.3 Å². The molecule has 0 radical (unpaired) electrons. The van der Waals surface area contributed by atoms with Gasteiger partial charge < -0.3 is 4.42 Å². The Labute approximate surface area is 136 Å². The van der Waals surface area contributed by atoms with E-state index in [1.165, 1.54) is 0 Å². The van der Waals surface area contributed by atoms with Crippen LogP contribution < -0.4 is 5.63 Å². The second-order valence-electron chi connectivity index (χ2n) is 5.70. The van der Waals surface area contributed by atoms with Crippen LogP contribution in [0.1, 0.15) is 0 Å². The van der Waals surface area contributed by atoms with E-state index in [4.69, 9.17) is 4.42 Å². The van der Waals surface area contributed by atoms with E-state index >= 15 is 0 Å². The third kappa shape index (κ3) is 1.74. The molecule has 0 atom stereocenters. The third-order valence-corrected chi connectivity index (χ3v) is 4.33. The van der Waals surface area contributed by atoms with Gasteiger partial charge in [0.2, 0.25) is 0 Å². The van der Waals surface area contributed by atoms with Crippen LogP contribution in [-0.4, -0.2) is 9.61 Å². The van der Waals surface area contributed by atoms with Crippen molar-refractivity contribution in [3.8, 4) is 11.3 Å². The van der Waals surface area contributed by atoms with Crippen LogP contribution in [-0.2, 0) is 0 Å². The van der Waals surface area contributed by atoms with Crippen LogP contribution in [0.5, 0.6) is 0 Å². The largest absolute Gasteiger partial charge is 0.422 e. The van der Waals surface area contributed by atoms with Crippen LogP contribution in [0.4, 0.5) is 0 Å². The van der Waals surface area contributed by atoms with Crippen LogP contribution in [0.2, 0.25) is 0 Å². The van der Waals surface area contributed by atoms with Gasteiger partial charge in [-0.3, -0.25) is 0 Å². The molecule has 4 heteroatoms. The zero-order valence-electron chi connectivity index (χ0n) is 12.6. The van der Waals surface area contributed by atoms with E-state index in [1.807, 2.05) is 66.7 Å². The molecule has 0 aliphatic carbocycles. The Balaban J connectivity index is 2.06. The minimum absolute atomic E-state index is 0.339. The Morgan fingerprint density at radius 3 is 2.54 bits per heavy atom. The van der Waals surface area contributed by atoms with Gasteiger partial charge in [0.15, 0.2) is 0 Å². The number of benzene rings is 2. The number of rotatable bonds is 1. The smallest absolute Gasteiger partial charge is 0.346 e. The molecule has 0 aliphatic heterocycles. The molecule has 0 bridgehead atoms. The molecule has 0 saturated carbocycles. The minimum Gasteiger partial charge on any atom is -0.422 e. The predicted octanol–water partition coefficient (Wildman–Crippen LogP) is 4.26. The molecule has 5 rings (SSSR count). The van der Waals surface area contributed by atoms with Crippen molar-refractivity contribution in [3.05, 3.63) is 83.3 Å². The molecule has 4 nitrogen and oxygen atoms in total. The summed E-state index contributed by atoms with van der Waals surface area (Å²) in [5.74, 6) is 0. The summed E-state index contributed by atoms with van der Waals surface area (Å²) < 4.78 is 7.30. The fourth-order valence-electron chi connectivity index (χ4n) is 3.26. The molecule has 0 aliphatic rings. The third-order valence-electron chi connectivity index (χ3n) is 4.33. The van der Waals surface area contributed by atoms with E-state index in [9.17, 15) is 4.79 Å². The molecule has 0 N–H and O–H groups in total. The number of fused-ring (bicyclic) bond motifs is 5. The lowest BCUT2D eigenvalue weighted by Crippen LogP contribution is -2.04. The maximum Gasteiger partial charge on any atom is 0.346 e. The fourth-order valence-corrected chi connectivity index (χ4v) is 3.26. The molecule has 3 heterocycles. The summed E-state index contributed by atoms with van der Waals surface area (Å²) in [5.41, 5.74) is 3.00. The molecule has 0 amide bonds. The number of aromatic nitrogens is 2. The summed E-state index contributed by atoms with van der Waals surface area (Å²) in [7, 11) is 0. The zero-order chi connectivity index (χ0) is 16.1. The summed E-state index contributed by atoms with van der Waals surface area (Å²) in [5, 5.41) is 6.77. The van der Waals surface area contributed by atoms with Crippen molar-refractivity contribution in [2.24, 2.45) is 0 Å². The van der Waals surface area contributed by atoms with Crippen molar-refractivity contribution in [2.75, 3.05) is 0 Å². The van der Waals surface area contributed by atoms with Crippen molar-refractivity contribution in [2.45, 2.75) is 0 Å².